The number of aromatic nitrogens is 2. The van der Waals surface area contributed by atoms with E-state index in [1.807, 2.05) is 0 Å². The second-order valence-electron chi connectivity index (χ2n) is 7.36. The number of unbranched alkanes of at least 4 members (excludes halogenated alkanes) is 3. The molecule has 0 amide bonds. The van der Waals surface area contributed by atoms with Gasteiger partial charge in [0.25, 0.3) is 0 Å². The van der Waals surface area contributed by atoms with Gasteiger partial charge in [-0.25, -0.2) is 31.9 Å². The van der Waals surface area contributed by atoms with Gasteiger partial charge < -0.3 is 4.74 Å². The molecule has 0 bridgehead atoms. The molecule has 0 spiro atoms. The number of alkyl halides is 2. The van der Waals surface area contributed by atoms with Crippen LogP contribution in [0, 0.1) is 29.1 Å². The second-order valence-corrected chi connectivity index (χ2v) is 7.36. The second kappa shape index (κ2) is 10.2. The zero-order valence-corrected chi connectivity index (χ0v) is 17.4. The van der Waals surface area contributed by atoms with Gasteiger partial charge in [0.15, 0.2) is 17.5 Å². The lowest BCUT2D eigenvalue weighted by Gasteiger charge is -2.17. The molecule has 176 valence electrons. The van der Waals surface area contributed by atoms with Crippen LogP contribution in [0.25, 0.3) is 11.1 Å². The van der Waals surface area contributed by atoms with E-state index in [9.17, 15) is 30.7 Å². The largest absolute Gasteiger partial charge is 0.462 e. The minimum Gasteiger partial charge on any atom is -0.426 e. The van der Waals surface area contributed by atoms with Crippen molar-refractivity contribution in [2.45, 2.75) is 45.1 Å². The van der Waals surface area contributed by atoms with E-state index in [1.54, 1.807) is 0 Å². The maximum Gasteiger partial charge on any atom is 0.462 e. The minimum atomic E-state index is -4.12. The summed E-state index contributed by atoms with van der Waals surface area (Å²) in [5.41, 5.74) is -0.935. The van der Waals surface area contributed by atoms with E-state index in [4.69, 9.17) is 0 Å². The molecule has 0 aliphatic rings. The molecule has 3 aromatic rings. The molecule has 3 rings (SSSR count). The summed E-state index contributed by atoms with van der Waals surface area (Å²) in [7, 11) is 0. The van der Waals surface area contributed by atoms with Gasteiger partial charge in [0, 0.05) is 24.5 Å². The number of rotatable bonds is 9. The smallest absolute Gasteiger partial charge is 0.426 e. The number of nitrogens with zero attached hydrogens (tertiary/aromatic N) is 2. The van der Waals surface area contributed by atoms with Crippen LogP contribution < -0.4 is 4.74 Å². The summed E-state index contributed by atoms with van der Waals surface area (Å²) in [5.74, 6) is -9.96. The molecule has 0 unspecified atom stereocenters. The summed E-state index contributed by atoms with van der Waals surface area (Å²) in [6.07, 6.45) is 2.92. The fourth-order valence-corrected chi connectivity index (χ4v) is 3.17. The third kappa shape index (κ3) is 5.80. The summed E-state index contributed by atoms with van der Waals surface area (Å²) in [6, 6.07) is 1.58. The molecule has 0 aliphatic heterocycles. The molecule has 2 aromatic carbocycles. The van der Waals surface area contributed by atoms with E-state index >= 15 is 0 Å². The average Bonchev–Trinajstić information content (AvgIpc) is 2.74. The van der Waals surface area contributed by atoms with Crippen molar-refractivity contribution < 1.29 is 35.5 Å². The van der Waals surface area contributed by atoms with Gasteiger partial charge in [0.05, 0.1) is 5.56 Å². The van der Waals surface area contributed by atoms with Gasteiger partial charge in [-0.3, -0.25) is 0 Å². The van der Waals surface area contributed by atoms with Gasteiger partial charge in [-0.2, -0.15) is 8.78 Å². The first-order valence-corrected chi connectivity index (χ1v) is 10.1. The van der Waals surface area contributed by atoms with E-state index < -0.39 is 57.9 Å². The minimum absolute atomic E-state index is 0.382. The molecule has 1 heterocycles. The number of hydrogen-bond acceptors (Lipinski definition) is 3. The molecule has 33 heavy (non-hydrogen) atoms. The third-order valence-corrected chi connectivity index (χ3v) is 4.82. The van der Waals surface area contributed by atoms with Crippen molar-refractivity contribution in [3.8, 4) is 16.9 Å². The van der Waals surface area contributed by atoms with Crippen LogP contribution in [0.15, 0.2) is 36.7 Å². The molecular formula is C23H19F7N2O. The van der Waals surface area contributed by atoms with Crippen LogP contribution in [0.5, 0.6) is 5.75 Å². The van der Waals surface area contributed by atoms with Gasteiger partial charge in [0.2, 0.25) is 5.82 Å². The molecule has 0 saturated carbocycles. The summed E-state index contributed by atoms with van der Waals surface area (Å²) < 4.78 is 102. The fourth-order valence-electron chi connectivity index (χ4n) is 3.17. The highest BCUT2D eigenvalue weighted by molar-refractivity contribution is 5.66. The van der Waals surface area contributed by atoms with Crippen molar-refractivity contribution in [2.24, 2.45) is 0 Å². The Morgan fingerprint density at radius 2 is 1.36 bits per heavy atom. The molecular weight excluding hydrogens is 453 g/mol. The average molecular weight is 472 g/mol. The SMILES string of the molecule is CCCCCCc1cnc(C(F)(F)Oc2cc(F)c(-c3cc(F)c(F)c(F)c3)c(F)c2)nc1. The van der Waals surface area contributed by atoms with Gasteiger partial charge in [-0.15, -0.1) is 0 Å². The quantitative estimate of drug-likeness (QED) is 0.189. The Bertz CT molecular complexity index is 1070. The highest BCUT2D eigenvalue weighted by Crippen LogP contribution is 2.35. The van der Waals surface area contributed by atoms with Crippen LogP contribution in [0.2, 0.25) is 0 Å². The molecule has 0 saturated heterocycles. The summed E-state index contributed by atoms with van der Waals surface area (Å²) >= 11 is 0. The lowest BCUT2D eigenvalue weighted by atomic mass is 10.0. The van der Waals surface area contributed by atoms with Crippen LogP contribution in [0.4, 0.5) is 30.7 Å². The maximum absolute atomic E-state index is 14.4. The first-order valence-electron chi connectivity index (χ1n) is 10.1. The highest BCUT2D eigenvalue weighted by atomic mass is 19.3. The molecule has 0 aliphatic carbocycles. The Labute approximate surface area is 185 Å². The molecule has 0 radical (unpaired) electrons. The zero-order chi connectivity index (χ0) is 24.2. The Balaban J connectivity index is 1.79. The van der Waals surface area contributed by atoms with E-state index in [0.29, 0.717) is 36.2 Å². The molecule has 0 N–H and O–H groups in total. The lowest BCUT2D eigenvalue weighted by Crippen LogP contribution is -2.25. The van der Waals surface area contributed by atoms with Crippen LogP contribution in [-0.4, -0.2) is 9.97 Å². The van der Waals surface area contributed by atoms with Crippen LogP contribution in [0.1, 0.15) is 44.0 Å². The Hall–Kier alpha value is -3.17. The predicted molar refractivity (Wildman–Crippen MR) is 106 cm³/mol. The molecule has 0 fully saturated rings. The molecule has 3 nitrogen and oxygen atoms in total. The van der Waals surface area contributed by atoms with Crippen molar-refractivity contribution >= 4 is 0 Å². The molecule has 0 atom stereocenters. The van der Waals surface area contributed by atoms with Crippen molar-refractivity contribution in [1.29, 1.82) is 0 Å². The number of ether oxygens (including phenoxy) is 1. The monoisotopic (exact) mass is 472 g/mol. The number of benzene rings is 2. The first kappa shape index (κ1) is 24.5. The van der Waals surface area contributed by atoms with E-state index in [0.717, 1.165) is 25.7 Å². The van der Waals surface area contributed by atoms with Crippen molar-refractivity contribution in [2.75, 3.05) is 0 Å². The van der Waals surface area contributed by atoms with Crippen molar-refractivity contribution in [3.05, 3.63) is 77.1 Å². The summed E-state index contributed by atoms with van der Waals surface area (Å²) in [6.45, 7) is 2.06. The predicted octanol–water partition coefficient (Wildman–Crippen LogP) is 7.09. The fraction of sp³-hybridized carbons (Fsp3) is 0.304. The topological polar surface area (TPSA) is 35.0 Å². The third-order valence-electron chi connectivity index (χ3n) is 4.82. The van der Waals surface area contributed by atoms with Crippen molar-refractivity contribution in [1.82, 2.24) is 9.97 Å². The maximum atomic E-state index is 14.4. The summed E-state index contributed by atoms with van der Waals surface area (Å²) in [5, 5.41) is 0. The molecule has 1 aromatic heterocycles. The number of halogens is 7. The van der Waals surface area contributed by atoms with Crippen LogP contribution >= 0.6 is 0 Å². The van der Waals surface area contributed by atoms with E-state index in [2.05, 4.69) is 21.6 Å². The van der Waals surface area contributed by atoms with Gasteiger partial charge in [0.1, 0.15) is 17.4 Å². The van der Waals surface area contributed by atoms with Crippen molar-refractivity contribution in [3.63, 3.8) is 0 Å². The zero-order valence-electron chi connectivity index (χ0n) is 17.4. The van der Waals surface area contributed by atoms with E-state index in [-0.39, 0.29) is 0 Å². The van der Waals surface area contributed by atoms with Gasteiger partial charge in [-0.1, -0.05) is 26.2 Å². The van der Waals surface area contributed by atoms with E-state index in [1.165, 1.54) is 12.4 Å². The Kier molecular flexibility index (Phi) is 7.55. The highest BCUT2D eigenvalue weighted by Gasteiger charge is 2.39. The number of hydrogen-bond donors (Lipinski definition) is 0. The Morgan fingerprint density at radius 1 is 0.788 bits per heavy atom. The summed E-state index contributed by atoms with van der Waals surface area (Å²) in [4.78, 5) is 7.18. The normalized spacial score (nSPS) is 11.6. The lowest BCUT2D eigenvalue weighted by molar-refractivity contribution is -0.192. The Morgan fingerprint density at radius 3 is 1.91 bits per heavy atom. The van der Waals surface area contributed by atoms with Gasteiger partial charge in [-0.05, 0) is 36.1 Å². The molecule has 10 heteroatoms. The van der Waals surface area contributed by atoms with Gasteiger partial charge >= 0.3 is 6.11 Å². The van der Waals surface area contributed by atoms with Crippen LogP contribution in [0.3, 0.4) is 0 Å². The first-order chi connectivity index (χ1) is 15.6. The van der Waals surface area contributed by atoms with Crippen LogP contribution in [-0.2, 0) is 12.5 Å². The number of aryl methyl sites for hydroxylation is 1. The standard InChI is InChI=1S/C23H19F7N2O/c1-2-3-4-5-6-13-11-31-22(32-12-13)23(29,30)33-15-9-16(24)20(17(25)10-15)14-7-18(26)21(28)19(27)8-14/h7-12H,2-6H2,1H3.